The van der Waals surface area contributed by atoms with Crippen molar-refractivity contribution >= 4 is 23.8 Å². The van der Waals surface area contributed by atoms with Crippen molar-refractivity contribution in [3.05, 3.63) is 65.2 Å². The van der Waals surface area contributed by atoms with E-state index in [9.17, 15) is 19.2 Å². The Balaban J connectivity index is 1.84. The van der Waals surface area contributed by atoms with Crippen LogP contribution in [-0.4, -0.2) is 42.1 Å². The minimum Gasteiger partial charge on any atom is -0.484 e. The Kier molecular flexibility index (Phi) is 7.09. The van der Waals surface area contributed by atoms with Gasteiger partial charge in [-0.25, -0.2) is 9.59 Å². The minimum atomic E-state index is -1.26. The number of nitrogens with one attached hydrogen (secondary N) is 2. The summed E-state index contributed by atoms with van der Waals surface area (Å²) in [4.78, 5) is 46.5. The molecule has 0 unspecified atom stereocenters. The van der Waals surface area contributed by atoms with E-state index in [1.807, 2.05) is 0 Å². The highest BCUT2D eigenvalue weighted by molar-refractivity contribution is 6.05. The number of ether oxygens (including phenoxy) is 2. The van der Waals surface area contributed by atoms with Crippen LogP contribution in [-0.2, 0) is 9.53 Å². The van der Waals surface area contributed by atoms with Crippen LogP contribution in [0.1, 0.15) is 38.0 Å². The number of carboxylic acid groups (broad SMARTS) is 1. The Morgan fingerprint density at radius 2 is 1.57 bits per heavy atom. The zero-order valence-electron chi connectivity index (χ0n) is 14.9. The van der Waals surface area contributed by atoms with Gasteiger partial charge in [-0.1, -0.05) is 12.1 Å². The molecule has 0 radical (unpaired) electrons. The number of hydrazine groups is 1. The Labute approximate surface area is 160 Å². The Hall–Kier alpha value is -3.88. The fourth-order valence-electron chi connectivity index (χ4n) is 2.15. The number of hydrogen-bond acceptors (Lipinski definition) is 6. The third-order valence-electron chi connectivity index (χ3n) is 3.45. The topological polar surface area (TPSA) is 131 Å². The van der Waals surface area contributed by atoms with Gasteiger partial charge in [-0.15, -0.1) is 0 Å². The average molecular weight is 386 g/mol. The van der Waals surface area contributed by atoms with Gasteiger partial charge in [-0.2, -0.15) is 0 Å². The van der Waals surface area contributed by atoms with E-state index in [4.69, 9.17) is 14.6 Å². The van der Waals surface area contributed by atoms with E-state index in [0.29, 0.717) is 11.3 Å². The predicted octanol–water partition coefficient (Wildman–Crippen LogP) is 1.40. The fourth-order valence-corrected chi connectivity index (χ4v) is 2.15. The highest BCUT2D eigenvalue weighted by Gasteiger charge is 2.16. The van der Waals surface area contributed by atoms with Crippen LogP contribution in [0.3, 0.4) is 0 Å². The highest BCUT2D eigenvalue weighted by Crippen LogP contribution is 2.13. The van der Waals surface area contributed by atoms with Gasteiger partial charge in [-0.3, -0.25) is 20.4 Å². The molecule has 2 aromatic rings. The van der Waals surface area contributed by atoms with Crippen LogP contribution < -0.4 is 15.6 Å². The predicted molar refractivity (Wildman–Crippen MR) is 96.9 cm³/mol. The molecule has 0 aliphatic carbocycles. The molecule has 0 spiro atoms. The second kappa shape index (κ2) is 9.72. The maximum absolute atomic E-state index is 12.0. The maximum Gasteiger partial charge on any atom is 0.338 e. The molecule has 0 saturated carbocycles. The minimum absolute atomic E-state index is 0.0919. The molecule has 28 heavy (non-hydrogen) atoms. The molecule has 0 aromatic heterocycles. The summed E-state index contributed by atoms with van der Waals surface area (Å²) in [7, 11) is 0. The Morgan fingerprint density at radius 3 is 2.18 bits per heavy atom. The number of carbonyl (C=O) groups excluding carboxylic acids is 3. The Bertz CT molecular complexity index is 878. The number of aromatic carboxylic acids is 1. The van der Waals surface area contributed by atoms with Crippen molar-refractivity contribution in [1.82, 2.24) is 10.9 Å². The van der Waals surface area contributed by atoms with Gasteiger partial charge in [0.05, 0.1) is 23.3 Å². The molecule has 0 aliphatic rings. The molecule has 2 rings (SSSR count). The van der Waals surface area contributed by atoms with Crippen LogP contribution >= 0.6 is 0 Å². The van der Waals surface area contributed by atoms with E-state index in [2.05, 4.69) is 10.9 Å². The average Bonchev–Trinajstić information content (AvgIpc) is 2.71. The van der Waals surface area contributed by atoms with E-state index in [1.165, 1.54) is 48.5 Å². The van der Waals surface area contributed by atoms with Crippen LogP contribution in [0.2, 0.25) is 0 Å². The standard InChI is InChI=1S/C19H18N2O7/c1-2-27-19(26)12-7-9-13(10-8-12)28-11-16(22)20-21-17(23)14-5-3-4-6-15(14)18(24)25/h3-10H,2,11H2,1H3,(H,20,22)(H,21,23)(H,24,25). The molecule has 9 heteroatoms. The summed E-state index contributed by atoms with van der Waals surface area (Å²) >= 11 is 0. The summed E-state index contributed by atoms with van der Waals surface area (Å²) in [6.45, 7) is 1.56. The number of hydrogen-bond donors (Lipinski definition) is 3. The van der Waals surface area contributed by atoms with E-state index < -0.39 is 30.4 Å². The molecule has 0 heterocycles. The molecule has 0 atom stereocenters. The van der Waals surface area contributed by atoms with E-state index >= 15 is 0 Å². The van der Waals surface area contributed by atoms with Crippen LogP contribution in [0.4, 0.5) is 0 Å². The summed E-state index contributed by atoms with van der Waals surface area (Å²) in [5.74, 6) is -2.81. The largest absolute Gasteiger partial charge is 0.484 e. The molecule has 0 fully saturated rings. The molecule has 3 N–H and O–H groups in total. The number of rotatable bonds is 7. The van der Waals surface area contributed by atoms with Crippen LogP contribution in [0, 0.1) is 0 Å². The molecule has 2 aromatic carbocycles. The van der Waals surface area contributed by atoms with Gasteiger partial charge >= 0.3 is 11.9 Å². The van der Waals surface area contributed by atoms with Crippen molar-refractivity contribution in [2.45, 2.75) is 6.92 Å². The summed E-state index contributed by atoms with van der Waals surface area (Å²) in [6.07, 6.45) is 0. The molecular formula is C19H18N2O7. The molecule has 2 amide bonds. The first-order chi connectivity index (χ1) is 13.4. The van der Waals surface area contributed by atoms with Crippen molar-refractivity contribution in [1.29, 1.82) is 0 Å². The second-order valence-corrected chi connectivity index (χ2v) is 5.39. The van der Waals surface area contributed by atoms with Gasteiger partial charge in [0.25, 0.3) is 11.8 Å². The molecule has 0 bridgehead atoms. The third kappa shape index (κ3) is 5.56. The molecule has 0 saturated heterocycles. The van der Waals surface area contributed by atoms with Crippen molar-refractivity contribution in [2.24, 2.45) is 0 Å². The van der Waals surface area contributed by atoms with Crippen LogP contribution in [0.15, 0.2) is 48.5 Å². The summed E-state index contributed by atoms with van der Waals surface area (Å²) in [6, 6.07) is 11.6. The maximum atomic E-state index is 12.0. The van der Waals surface area contributed by atoms with Crippen molar-refractivity contribution in [3.8, 4) is 5.75 Å². The zero-order valence-corrected chi connectivity index (χ0v) is 14.9. The number of esters is 1. The number of amides is 2. The lowest BCUT2D eigenvalue weighted by molar-refractivity contribution is -0.123. The van der Waals surface area contributed by atoms with Crippen molar-refractivity contribution in [3.63, 3.8) is 0 Å². The highest BCUT2D eigenvalue weighted by atomic mass is 16.5. The molecular weight excluding hydrogens is 368 g/mol. The van der Waals surface area contributed by atoms with Gasteiger partial charge in [0.2, 0.25) is 0 Å². The van der Waals surface area contributed by atoms with E-state index in [0.717, 1.165) is 0 Å². The van der Waals surface area contributed by atoms with Gasteiger partial charge in [-0.05, 0) is 43.3 Å². The SMILES string of the molecule is CCOC(=O)c1ccc(OCC(=O)NNC(=O)c2ccccc2C(=O)O)cc1. The van der Waals surface area contributed by atoms with E-state index in [1.54, 1.807) is 6.92 Å². The van der Waals surface area contributed by atoms with Gasteiger partial charge < -0.3 is 14.6 Å². The van der Waals surface area contributed by atoms with Gasteiger partial charge in [0.15, 0.2) is 6.61 Å². The quantitative estimate of drug-likeness (QED) is 0.484. The summed E-state index contributed by atoms with van der Waals surface area (Å²) in [5.41, 5.74) is 4.33. The normalized spacial score (nSPS) is 9.89. The summed E-state index contributed by atoms with van der Waals surface area (Å²) < 4.78 is 10.1. The molecule has 9 nitrogen and oxygen atoms in total. The smallest absolute Gasteiger partial charge is 0.338 e. The molecule has 146 valence electrons. The zero-order chi connectivity index (χ0) is 20.5. The lowest BCUT2D eigenvalue weighted by Gasteiger charge is -2.10. The monoisotopic (exact) mass is 386 g/mol. The third-order valence-corrected chi connectivity index (χ3v) is 3.45. The van der Waals surface area contributed by atoms with Crippen LogP contribution in [0.25, 0.3) is 0 Å². The lowest BCUT2D eigenvalue weighted by atomic mass is 10.1. The first-order valence-electron chi connectivity index (χ1n) is 8.24. The first-order valence-corrected chi connectivity index (χ1v) is 8.24. The van der Waals surface area contributed by atoms with Crippen molar-refractivity contribution < 1.29 is 33.8 Å². The van der Waals surface area contributed by atoms with E-state index in [-0.39, 0.29) is 17.7 Å². The number of carboxylic acids is 1. The Morgan fingerprint density at radius 1 is 0.929 bits per heavy atom. The summed E-state index contributed by atoms with van der Waals surface area (Å²) in [5, 5.41) is 9.07. The molecule has 0 aliphatic heterocycles. The second-order valence-electron chi connectivity index (χ2n) is 5.39. The first kappa shape index (κ1) is 20.4. The lowest BCUT2D eigenvalue weighted by Crippen LogP contribution is -2.44. The number of carbonyl (C=O) groups is 4. The van der Waals surface area contributed by atoms with Gasteiger partial charge in [0, 0.05) is 0 Å². The van der Waals surface area contributed by atoms with Gasteiger partial charge in [0.1, 0.15) is 5.75 Å². The fraction of sp³-hybridized carbons (Fsp3) is 0.158. The number of benzene rings is 2. The van der Waals surface area contributed by atoms with Crippen LogP contribution in [0.5, 0.6) is 5.75 Å². The van der Waals surface area contributed by atoms with Crippen molar-refractivity contribution in [2.75, 3.05) is 13.2 Å².